The maximum atomic E-state index is 9.88. The Labute approximate surface area is 133 Å². The average molecular weight is 315 g/mol. The Morgan fingerprint density at radius 3 is 2.71 bits per heavy atom. The molecule has 0 saturated carbocycles. The number of benzene rings is 1. The van der Waals surface area contributed by atoms with Crippen LogP contribution in [0.2, 0.25) is 5.02 Å². The molecule has 1 unspecified atom stereocenters. The lowest BCUT2D eigenvalue weighted by molar-refractivity contribution is 0.105. The minimum Gasteiger partial charge on any atom is -0.491 e. The molecule has 0 aromatic heterocycles. The number of aliphatic hydroxyl groups excluding tert-OH is 1. The fourth-order valence-electron chi connectivity index (χ4n) is 1.74. The Morgan fingerprint density at radius 1 is 1.38 bits per heavy atom. The van der Waals surface area contributed by atoms with Crippen LogP contribution >= 0.6 is 11.6 Å². The molecule has 1 aromatic rings. The molecular formula is C16H27ClN2O2. The van der Waals surface area contributed by atoms with Crippen LogP contribution in [0.3, 0.4) is 0 Å². The third-order valence-corrected chi connectivity index (χ3v) is 3.90. The van der Waals surface area contributed by atoms with Crippen molar-refractivity contribution in [2.24, 2.45) is 0 Å². The highest BCUT2D eigenvalue weighted by molar-refractivity contribution is 6.31. The molecule has 0 heterocycles. The number of nitrogens with zero attached hydrogens (tertiary/aromatic N) is 1. The highest BCUT2D eigenvalue weighted by Crippen LogP contribution is 2.20. The van der Waals surface area contributed by atoms with Crippen LogP contribution < -0.4 is 10.1 Å². The van der Waals surface area contributed by atoms with Gasteiger partial charge >= 0.3 is 0 Å². The van der Waals surface area contributed by atoms with Gasteiger partial charge in [-0.05, 0) is 51.6 Å². The summed E-state index contributed by atoms with van der Waals surface area (Å²) in [7, 11) is 2.09. The highest BCUT2D eigenvalue weighted by atomic mass is 35.5. The summed E-state index contributed by atoms with van der Waals surface area (Å²) < 4.78 is 5.56. The Morgan fingerprint density at radius 2 is 2.10 bits per heavy atom. The Bertz CT molecular complexity index is 427. The van der Waals surface area contributed by atoms with Crippen molar-refractivity contribution in [1.29, 1.82) is 0 Å². The molecule has 0 aliphatic carbocycles. The van der Waals surface area contributed by atoms with E-state index < -0.39 is 6.10 Å². The number of likely N-dealkylation sites (N-methyl/N-ethyl adjacent to an activating group) is 1. The third-order valence-electron chi connectivity index (χ3n) is 3.47. The maximum Gasteiger partial charge on any atom is 0.119 e. The van der Waals surface area contributed by atoms with Gasteiger partial charge in [0.1, 0.15) is 18.5 Å². The van der Waals surface area contributed by atoms with Gasteiger partial charge in [-0.15, -0.1) is 0 Å². The first-order chi connectivity index (χ1) is 9.90. The summed E-state index contributed by atoms with van der Waals surface area (Å²) >= 11 is 5.96. The molecule has 1 aromatic carbocycles. The molecule has 0 aliphatic heterocycles. The monoisotopic (exact) mass is 314 g/mol. The quantitative estimate of drug-likeness (QED) is 0.687. The van der Waals surface area contributed by atoms with Gasteiger partial charge < -0.3 is 20.1 Å². The van der Waals surface area contributed by atoms with E-state index in [1.165, 1.54) is 0 Å². The van der Waals surface area contributed by atoms with Crippen LogP contribution in [0.5, 0.6) is 5.75 Å². The molecule has 120 valence electrons. The predicted molar refractivity (Wildman–Crippen MR) is 88.3 cm³/mol. The van der Waals surface area contributed by atoms with Gasteiger partial charge in [-0.3, -0.25) is 0 Å². The van der Waals surface area contributed by atoms with Crippen molar-refractivity contribution in [1.82, 2.24) is 10.2 Å². The molecule has 1 atom stereocenters. The van der Waals surface area contributed by atoms with E-state index in [-0.39, 0.29) is 6.61 Å². The lowest BCUT2D eigenvalue weighted by atomic mass is 10.2. The number of hydrogen-bond donors (Lipinski definition) is 2. The first-order valence-corrected chi connectivity index (χ1v) is 7.76. The summed E-state index contributed by atoms with van der Waals surface area (Å²) in [6.45, 7) is 8.87. The van der Waals surface area contributed by atoms with E-state index in [0.29, 0.717) is 12.6 Å². The summed E-state index contributed by atoms with van der Waals surface area (Å²) in [5, 5.41) is 13.8. The van der Waals surface area contributed by atoms with Crippen molar-refractivity contribution in [3.05, 3.63) is 28.8 Å². The maximum absolute atomic E-state index is 9.88. The molecule has 1 rings (SSSR count). The van der Waals surface area contributed by atoms with Crippen LogP contribution in [0.4, 0.5) is 0 Å². The van der Waals surface area contributed by atoms with E-state index in [4.69, 9.17) is 16.3 Å². The second-order valence-electron chi connectivity index (χ2n) is 5.65. The number of hydrogen-bond acceptors (Lipinski definition) is 4. The average Bonchev–Trinajstić information content (AvgIpc) is 2.44. The van der Waals surface area contributed by atoms with Gasteiger partial charge in [-0.1, -0.05) is 11.6 Å². The van der Waals surface area contributed by atoms with Crippen molar-refractivity contribution in [2.45, 2.75) is 32.9 Å². The molecule has 0 spiro atoms. The number of rotatable bonds is 9. The Hall–Kier alpha value is -0.810. The van der Waals surface area contributed by atoms with Gasteiger partial charge in [0.25, 0.3) is 0 Å². The Kier molecular flexibility index (Phi) is 8.04. The molecule has 5 heteroatoms. The summed E-state index contributed by atoms with van der Waals surface area (Å²) in [6.07, 6.45) is -0.523. The normalized spacial score (nSPS) is 13.0. The van der Waals surface area contributed by atoms with Crippen LogP contribution in [0.15, 0.2) is 18.2 Å². The fraction of sp³-hybridized carbons (Fsp3) is 0.625. The van der Waals surface area contributed by atoms with Crippen molar-refractivity contribution >= 4 is 11.6 Å². The first kappa shape index (κ1) is 18.2. The Balaban J connectivity index is 2.19. The van der Waals surface area contributed by atoms with Crippen molar-refractivity contribution in [3.8, 4) is 5.75 Å². The summed E-state index contributed by atoms with van der Waals surface area (Å²) in [4.78, 5) is 2.26. The second-order valence-corrected chi connectivity index (χ2v) is 6.06. The van der Waals surface area contributed by atoms with Crippen molar-refractivity contribution in [2.75, 3.05) is 33.3 Å². The molecule has 0 bridgehead atoms. The second kappa shape index (κ2) is 9.26. The molecule has 0 radical (unpaired) electrons. The first-order valence-electron chi connectivity index (χ1n) is 7.38. The van der Waals surface area contributed by atoms with E-state index in [0.717, 1.165) is 29.4 Å². The summed E-state index contributed by atoms with van der Waals surface area (Å²) in [5.74, 6) is 0.732. The van der Waals surface area contributed by atoms with E-state index in [9.17, 15) is 5.11 Å². The number of aliphatic hydroxyl groups is 1. The van der Waals surface area contributed by atoms with E-state index in [1.54, 1.807) is 6.07 Å². The van der Waals surface area contributed by atoms with Gasteiger partial charge in [-0.2, -0.15) is 0 Å². The van der Waals surface area contributed by atoms with Crippen LogP contribution in [0.25, 0.3) is 0 Å². The van der Waals surface area contributed by atoms with Crippen LogP contribution in [0, 0.1) is 6.92 Å². The minimum atomic E-state index is -0.523. The van der Waals surface area contributed by atoms with E-state index in [1.807, 2.05) is 19.1 Å². The topological polar surface area (TPSA) is 44.7 Å². The zero-order valence-electron chi connectivity index (χ0n) is 13.4. The van der Waals surface area contributed by atoms with Gasteiger partial charge in [-0.25, -0.2) is 0 Å². The molecule has 2 N–H and O–H groups in total. The number of nitrogens with one attached hydrogen (secondary N) is 1. The standard InChI is InChI=1S/C16H27ClN2O2/c1-12(2)19(4)8-7-18-10-14(20)11-21-15-5-6-16(17)13(3)9-15/h5-6,9,12,14,18,20H,7-8,10-11H2,1-4H3. The lowest BCUT2D eigenvalue weighted by Gasteiger charge is -2.21. The van der Waals surface area contributed by atoms with Crippen LogP contribution in [-0.2, 0) is 0 Å². The van der Waals surface area contributed by atoms with E-state index >= 15 is 0 Å². The number of halogens is 1. The molecule has 0 amide bonds. The van der Waals surface area contributed by atoms with Crippen LogP contribution in [0.1, 0.15) is 19.4 Å². The largest absolute Gasteiger partial charge is 0.491 e. The predicted octanol–water partition coefficient (Wildman–Crippen LogP) is 2.32. The number of aryl methyl sites for hydroxylation is 1. The highest BCUT2D eigenvalue weighted by Gasteiger charge is 2.07. The van der Waals surface area contributed by atoms with E-state index in [2.05, 4.69) is 31.1 Å². The van der Waals surface area contributed by atoms with Gasteiger partial charge in [0, 0.05) is 30.7 Å². The molecule has 21 heavy (non-hydrogen) atoms. The molecule has 0 fully saturated rings. The molecule has 0 aliphatic rings. The SMILES string of the molecule is Cc1cc(OCC(O)CNCCN(C)C(C)C)ccc1Cl. The smallest absolute Gasteiger partial charge is 0.119 e. The summed E-state index contributed by atoms with van der Waals surface area (Å²) in [5.41, 5.74) is 0.971. The zero-order valence-corrected chi connectivity index (χ0v) is 14.2. The zero-order chi connectivity index (χ0) is 15.8. The number of ether oxygens (including phenoxy) is 1. The third kappa shape index (κ3) is 7.14. The van der Waals surface area contributed by atoms with Gasteiger partial charge in [0.15, 0.2) is 0 Å². The van der Waals surface area contributed by atoms with Gasteiger partial charge in [0.05, 0.1) is 0 Å². The summed E-state index contributed by atoms with van der Waals surface area (Å²) in [6, 6.07) is 6.03. The fourth-order valence-corrected chi connectivity index (χ4v) is 1.86. The minimum absolute atomic E-state index is 0.272. The lowest BCUT2D eigenvalue weighted by Crippen LogP contribution is -2.38. The molecular weight excluding hydrogens is 288 g/mol. The van der Waals surface area contributed by atoms with Crippen molar-refractivity contribution < 1.29 is 9.84 Å². The van der Waals surface area contributed by atoms with Gasteiger partial charge in [0.2, 0.25) is 0 Å². The van der Waals surface area contributed by atoms with Crippen molar-refractivity contribution in [3.63, 3.8) is 0 Å². The molecule has 4 nitrogen and oxygen atoms in total. The molecule has 0 saturated heterocycles. The van der Waals surface area contributed by atoms with Crippen LogP contribution in [-0.4, -0.2) is 55.4 Å².